The van der Waals surface area contributed by atoms with E-state index in [1.807, 2.05) is 0 Å². The molecule has 0 aromatic carbocycles. The third kappa shape index (κ3) is 5.83. The first kappa shape index (κ1) is 17.2. The SMILES string of the molecule is OCC1(CNCC(O)COCC2CCCO2)CCCCC1. The van der Waals surface area contributed by atoms with Gasteiger partial charge < -0.3 is 25.0 Å². The van der Waals surface area contributed by atoms with Crippen molar-refractivity contribution in [1.82, 2.24) is 5.32 Å². The zero-order chi connectivity index (χ0) is 15.0. The normalized spacial score (nSPS) is 26.9. The van der Waals surface area contributed by atoms with E-state index in [1.54, 1.807) is 0 Å². The summed E-state index contributed by atoms with van der Waals surface area (Å²) in [6.45, 7) is 3.31. The summed E-state index contributed by atoms with van der Waals surface area (Å²) in [5, 5.41) is 22.9. The van der Waals surface area contributed by atoms with Gasteiger partial charge in [0.1, 0.15) is 0 Å². The van der Waals surface area contributed by atoms with Crippen molar-refractivity contribution in [2.24, 2.45) is 5.41 Å². The number of hydrogen-bond donors (Lipinski definition) is 3. The minimum absolute atomic E-state index is 0.0243. The Balaban J connectivity index is 1.54. The summed E-state index contributed by atoms with van der Waals surface area (Å²) in [6, 6.07) is 0. The van der Waals surface area contributed by atoms with Crippen molar-refractivity contribution in [2.45, 2.75) is 57.2 Å². The minimum atomic E-state index is -0.495. The molecule has 5 heteroatoms. The minimum Gasteiger partial charge on any atom is -0.396 e. The Bertz CT molecular complexity index is 275. The third-order valence-electron chi connectivity index (χ3n) is 4.77. The summed E-state index contributed by atoms with van der Waals surface area (Å²) in [6.07, 6.45) is 7.75. The molecule has 0 spiro atoms. The lowest BCUT2D eigenvalue weighted by Crippen LogP contribution is -2.42. The highest BCUT2D eigenvalue weighted by molar-refractivity contribution is 4.84. The summed E-state index contributed by atoms with van der Waals surface area (Å²) >= 11 is 0. The fourth-order valence-electron chi connectivity index (χ4n) is 3.37. The van der Waals surface area contributed by atoms with E-state index in [2.05, 4.69) is 5.32 Å². The molecular formula is C16H31NO4. The summed E-state index contributed by atoms with van der Waals surface area (Å²) in [5.74, 6) is 0. The van der Waals surface area contributed by atoms with Crippen LogP contribution in [-0.4, -0.2) is 61.9 Å². The van der Waals surface area contributed by atoms with Gasteiger partial charge >= 0.3 is 0 Å². The van der Waals surface area contributed by atoms with Gasteiger partial charge in [0.2, 0.25) is 0 Å². The quantitative estimate of drug-likeness (QED) is 0.594. The van der Waals surface area contributed by atoms with Crippen LogP contribution < -0.4 is 5.32 Å². The largest absolute Gasteiger partial charge is 0.396 e. The molecule has 1 aliphatic carbocycles. The van der Waals surface area contributed by atoms with Gasteiger partial charge in [-0.3, -0.25) is 0 Å². The van der Waals surface area contributed by atoms with Gasteiger partial charge in [-0.1, -0.05) is 19.3 Å². The Morgan fingerprint density at radius 3 is 2.71 bits per heavy atom. The lowest BCUT2D eigenvalue weighted by molar-refractivity contribution is -0.0176. The van der Waals surface area contributed by atoms with Crippen molar-refractivity contribution < 1.29 is 19.7 Å². The molecule has 2 atom stereocenters. The van der Waals surface area contributed by atoms with Crippen LogP contribution in [0.3, 0.4) is 0 Å². The summed E-state index contributed by atoms with van der Waals surface area (Å²) in [4.78, 5) is 0. The molecule has 0 bridgehead atoms. The third-order valence-corrected chi connectivity index (χ3v) is 4.77. The average Bonchev–Trinajstić information content (AvgIpc) is 3.01. The van der Waals surface area contributed by atoms with Crippen molar-refractivity contribution in [2.75, 3.05) is 39.5 Å². The molecule has 2 fully saturated rings. The molecular weight excluding hydrogens is 270 g/mol. The van der Waals surface area contributed by atoms with Gasteiger partial charge in [-0.25, -0.2) is 0 Å². The van der Waals surface area contributed by atoms with E-state index in [-0.39, 0.29) is 18.1 Å². The highest BCUT2D eigenvalue weighted by Gasteiger charge is 2.30. The van der Waals surface area contributed by atoms with Gasteiger partial charge in [0.05, 0.1) is 25.4 Å². The highest BCUT2D eigenvalue weighted by atomic mass is 16.5. The summed E-state index contributed by atoms with van der Waals surface area (Å²) in [5.41, 5.74) is 0.0243. The summed E-state index contributed by atoms with van der Waals surface area (Å²) in [7, 11) is 0. The van der Waals surface area contributed by atoms with E-state index < -0.39 is 6.10 Å². The number of aliphatic hydroxyl groups excluding tert-OH is 2. The summed E-state index contributed by atoms with van der Waals surface area (Å²) < 4.78 is 11.0. The van der Waals surface area contributed by atoms with Crippen molar-refractivity contribution in [3.63, 3.8) is 0 Å². The van der Waals surface area contributed by atoms with Gasteiger partial charge in [0, 0.05) is 31.7 Å². The fourth-order valence-corrected chi connectivity index (χ4v) is 3.37. The van der Waals surface area contributed by atoms with Crippen LogP contribution in [0.2, 0.25) is 0 Å². The predicted molar refractivity (Wildman–Crippen MR) is 81.3 cm³/mol. The fraction of sp³-hybridized carbons (Fsp3) is 1.00. The van der Waals surface area contributed by atoms with E-state index in [4.69, 9.17) is 9.47 Å². The second kappa shape index (κ2) is 9.06. The number of rotatable bonds is 9. The molecule has 0 aromatic rings. The topological polar surface area (TPSA) is 71.0 Å². The molecule has 1 heterocycles. The van der Waals surface area contributed by atoms with Gasteiger partial charge in [-0.2, -0.15) is 0 Å². The Hall–Kier alpha value is -0.200. The highest BCUT2D eigenvalue weighted by Crippen LogP contribution is 2.35. The molecule has 0 aromatic heterocycles. The van der Waals surface area contributed by atoms with Crippen LogP contribution >= 0.6 is 0 Å². The zero-order valence-corrected chi connectivity index (χ0v) is 13.1. The molecule has 124 valence electrons. The van der Waals surface area contributed by atoms with Crippen molar-refractivity contribution >= 4 is 0 Å². The van der Waals surface area contributed by atoms with Crippen molar-refractivity contribution in [3.8, 4) is 0 Å². The molecule has 1 saturated heterocycles. The Kier molecular flexibility index (Phi) is 7.40. The second-order valence-corrected chi connectivity index (χ2v) is 6.68. The predicted octanol–water partition coefficient (Wildman–Crippen LogP) is 1.08. The van der Waals surface area contributed by atoms with Gasteiger partial charge in [0.15, 0.2) is 0 Å². The molecule has 5 nitrogen and oxygen atoms in total. The van der Waals surface area contributed by atoms with Gasteiger partial charge in [-0.05, 0) is 25.7 Å². The number of nitrogens with one attached hydrogen (secondary N) is 1. The number of ether oxygens (including phenoxy) is 2. The van der Waals surface area contributed by atoms with E-state index in [1.165, 1.54) is 19.3 Å². The average molecular weight is 301 g/mol. The smallest absolute Gasteiger partial charge is 0.0897 e. The molecule has 3 N–H and O–H groups in total. The van der Waals surface area contributed by atoms with Crippen LogP contribution in [0.5, 0.6) is 0 Å². The maximum atomic E-state index is 9.92. The molecule has 2 aliphatic rings. The second-order valence-electron chi connectivity index (χ2n) is 6.68. The van der Waals surface area contributed by atoms with Crippen LogP contribution in [0.4, 0.5) is 0 Å². The van der Waals surface area contributed by atoms with Crippen LogP contribution in [0.15, 0.2) is 0 Å². The van der Waals surface area contributed by atoms with Crippen LogP contribution in [-0.2, 0) is 9.47 Å². The first-order chi connectivity index (χ1) is 10.2. The standard InChI is InChI=1S/C16H31NO4/c18-13-16(6-2-1-3-7-16)12-17-9-14(19)10-20-11-15-5-4-8-21-15/h14-15,17-19H,1-13H2. The lowest BCUT2D eigenvalue weighted by Gasteiger charge is -2.36. The monoisotopic (exact) mass is 301 g/mol. The Morgan fingerprint density at radius 2 is 2.05 bits per heavy atom. The molecule has 2 rings (SSSR count). The van der Waals surface area contributed by atoms with Crippen LogP contribution in [0.25, 0.3) is 0 Å². The van der Waals surface area contributed by atoms with E-state index in [0.717, 1.165) is 38.8 Å². The van der Waals surface area contributed by atoms with Crippen molar-refractivity contribution in [3.05, 3.63) is 0 Å². The Morgan fingerprint density at radius 1 is 1.24 bits per heavy atom. The van der Waals surface area contributed by atoms with Crippen LogP contribution in [0, 0.1) is 5.41 Å². The van der Waals surface area contributed by atoms with Crippen molar-refractivity contribution in [1.29, 1.82) is 0 Å². The Labute approximate surface area is 128 Å². The molecule has 0 amide bonds. The maximum Gasteiger partial charge on any atom is 0.0897 e. The van der Waals surface area contributed by atoms with E-state index >= 15 is 0 Å². The zero-order valence-electron chi connectivity index (χ0n) is 13.1. The van der Waals surface area contributed by atoms with Crippen LogP contribution in [0.1, 0.15) is 44.9 Å². The maximum absolute atomic E-state index is 9.92. The molecule has 21 heavy (non-hydrogen) atoms. The first-order valence-corrected chi connectivity index (χ1v) is 8.43. The van der Waals surface area contributed by atoms with E-state index in [0.29, 0.717) is 19.8 Å². The molecule has 1 aliphatic heterocycles. The van der Waals surface area contributed by atoms with E-state index in [9.17, 15) is 10.2 Å². The number of aliphatic hydroxyl groups is 2. The number of hydrogen-bond acceptors (Lipinski definition) is 5. The lowest BCUT2D eigenvalue weighted by atomic mass is 9.74. The van der Waals surface area contributed by atoms with Gasteiger partial charge in [-0.15, -0.1) is 0 Å². The van der Waals surface area contributed by atoms with Gasteiger partial charge in [0.25, 0.3) is 0 Å². The molecule has 1 saturated carbocycles. The molecule has 2 unspecified atom stereocenters. The molecule has 0 radical (unpaired) electrons. The first-order valence-electron chi connectivity index (χ1n) is 8.43.